The second-order valence-electron chi connectivity index (χ2n) is 3.62. The molecule has 0 radical (unpaired) electrons. The molecule has 7 heteroatoms. The lowest BCUT2D eigenvalue weighted by Crippen LogP contribution is -2.10. The third-order valence-corrected chi connectivity index (χ3v) is 3.00. The number of esters is 1. The molecule has 0 fully saturated rings. The standard InChI is InChI=1S/C12H11BrN2O4/c1-2-19-12(16)5-8-3-10(15(17)18)4-9(6-13)11(8)7-14/h3-4H,2,5-6H2,1H3. The van der Waals surface area contributed by atoms with Gasteiger partial charge in [0.25, 0.3) is 5.69 Å². The molecule has 0 heterocycles. The third-order valence-electron chi connectivity index (χ3n) is 2.39. The van der Waals surface area contributed by atoms with Crippen LogP contribution in [-0.4, -0.2) is 17.5 Å². The van der Waals surface area contributed by atoms with Gasteiger partial charge in [-0.2, -0.15) is 5.26 Å². The molecule has 0 aliphatic rings. The number of alkyl halides is 1. The highest BCUT2D eigenvalue weighted by Crippen LogP contribution is 2.24. The van der Waals surface area contributed by atoms with Gasteiger partial charge in [0.15, 0.2) is 0 Å². The molecule has 0 bridgehead atoms. The molecule has 0 amide bonds. The predicted octanol–water partition coefficient (Wildman–Crippen LogP) is 2.47. The van der Waals surface area contributed by atoms with Gasteiger partial charge in [-0.25, -0.2) is 0 Å². The number of hydrogen-bond donors (Lipinski definition) is 0. The minimum absolute atomic E-state index is 0.146. The van der Waals surface area contributed by atoms with E-state index in [4.69, 9.17) is 10.00 Å². The number of nitriles is 1. The van der Waals surface area contributed by atoms with Gasteiger partial charge in [-0.1, -0.05) is 15.9 Å². The Bertz CT molecular complexity index is 551. The first-order valence-electron chi connectivity index (χ1n) is 5.45. The molecule has 19 heavy (non-hydrogen) atoms. The number of rotatable bonds is 5. The van der Waals surface area contributed by atoms with Crippen molar-refractivity contribution < 1.29 is 14.5 Å². The van der Waals surface area contributed by atoms with Gasteiger partial charge in [0.2, 0.25) is 0 Å². The SMILES string of the molecule is CCOC(=O)Cc1cc([N+](=O)[O-])cc(CBr)c1C#N. The van der Waals surface area contributed by atoms with Crippen molar-refractivity contribution in [1.29, 1.82) is 5.26 Å². The van der Waals surface area contributed by atoms with Crippen molar-refractivity contribution in [1.82, 2.24) is 0 Å². The summed E-state index contributed by atoms with van der Waals surface area (Å²) in [6, 6.07) is 4.53. The molecule has 100 valence electrons. The lowest BCUT2D eigenvalue weighted by molar-refractivity contribution is -0.385. The molecule has 0 aromatic heterocycles. The maximum absolute atomic E-state index is 11.4. The Hall–Kier alpha value is -1.94. The van der Waals surface area contributed by atoms with Crippen LogP contribution in [0.4, 0.5) is 5.69 Å². The first kappa shape index (κ1) is 15.1. The first-order chi connectivity index (χ1) is 9.03. The molecule has 0 saturated heterocycles. The van der Waals surface area contributed by atoms with Gasteiger partial charge >= 0.3 is 5.97 Å². The number of benzene rings is 1. The van der Waals surface area contributed by atoms with Crippen LogP contribution in [0.3, 0.4) is 0 Å². The van der Waals surface area contributed by atoms with Gasteiger partial charge in [0, 0.05) is 17.5 Å². The van der Waals surface area contributed by atoms with E-state index in [0.717, 1.165) is 0 Å². The van der Waals surface area contributed by atoms with Crippen molar-refractivity contribution in [2.45, 2.75) is 18.7 Å². The number of non-ortho nitro benzene ring substituents is 1. The Balaban J connectivity index is 3.27. The molecule has 0 unspecified atom stereocenters. The molecule has 0 N–H and O–H groups in total. The number of nitro groups is 1. The van der Waals surface area contributed by atoms with Crippen LogP contribution in [-0.2, 0) is 21.3 Å². The summed E-state index contributed by atoms with van der Waals surface area (Å²) >= 11 is 3.17. The molecule has 0 atom stereocenters. The fourth-order valence-corrected chi connectivity index (χ4v) is 2.05. The van der Waals surface area contributed by atoms with E-state index < -0.39 is 10.9 Å². The normalized spacial score (nSPS) is 9.74. The molecule has 1 aromatic rings. The second kappa shape index (κ2) is 6.85. The average Bonchev–Trinajstić information content (AvgIpc) is 2.37. The lowest BCUT2D eigenvalue weighted by atomic mass is 9.99. The summed E-state index contributed by atoms with van der Waals surface area (Å²) < 4.78 is 4.79. The van der Waals surface area contributed by atoms with Crippen molar-refractivity contribution >= 4 is 27.6 Å². The Morgan fingerprint density at radius 2 is 2.16 bits per heavy atom. The number of ether oxygens (including phenoxy) is 1. The van der Waals surface area contributed by atoms with Gasteiger partial charge in [-0.3, -0.25) is 14.9 Å². The molecular formula is C12H11BrN2O4. The zero-order chi connectivity index (χ0) is 14.4. The highest BCUT2D eigenvalue weighted by molar-refractivity contribution is 9.08. The van der Waals surface area contributed by atoms with Gasteiger partial charge in [0.1, 0.15) is 0 Å². The largest absolute Gasteiger partial charge is 0.466 e. The summed E-state index contributed by atoms with van der Waals surface area (Å²) in [6.45, 7) is 1.89. The molecule has 0 aliphatic carbocycles. The maximum Gasteiger partial charge on any atom is 0.310 e. The number of nitrogens with zero attached hydrogens (tertiary/aromatic N) is 2. The van der Waals surface area contributed by atoms with E-state index in [0.29, 0.717) is 16.5 Å². The van der Waals surface area contributed by atoms with Crippen LogP contribution in [0, 0.1) is 21.4 Å². The van der Waals surface area contributed by atoms with Crippen LogP contribution in [0.2, 0.25) is 0 Å². The summed E-state index contributed by atoms with van der Waals surface area (Å²) in [6.07, 6.45) is -0.154. The number of nitro benzene ring substituents is 1. The summed E-state index contributed by atoms with van der Waals surface area (Å²) in [5, 5.41) is 20.2. The van der Waals surface area contributed by atoms with E-state index in [2.05, 4.69) is 15.9 Å². The highest BCUT2D eigenvalue weighted by Gasteiger charge is 2.18. The number of carbonyl (C=O) groups is 1. The zero-order valence-corrected chi connectivity index (χ0v) is 11.8. The Morgan fingerprint density at radius 3 is 2.63 bits per heavy atom. The Morgan fingerprint density at radius 1 is 1.53 bits per heavy atom. The fraction of sp³-hybridized carbons (Fsp3) is 0.333. The lowest BCUT2D eigenvalue weighted by Gasteiger charge is -2.07. The number of carbonyl (C=O) groups excluding carboxylic acids is 1. The van der Waals surface area contributed by atoms with E-state index in [1.54, 1.807) is 6.92 Å². The first-order valence-corrected chi connectivity index (χ1v) is 6.57. The number of halogens is 1. The monoisotopic (exact) mass is 326 g/mol. The van der Waals surface area contributed by atoms with E-state index in [1.165, 1.54) is 12.1 Å². The summed E-state index contributed by atoms with van der Waals surface area (Å²) in [7, 11) is 0. The van der Waals surface area contributed by atoms with E-state index in [1.807, 2.05) is 6.07 Å². The quantitative estimate of drug-likeness (QED) is 0.358. The van der Waals surface area contributed by atoms with Gasteiger partial charge in [-0.15, -0.1) is 0 Å². The minimum Gasteiger partial charge on any atom is -0.466 e. The van der Waals surface area contributed by atoms with Crippen LogP contribution in [0.15, 0.2) is 12.1 Å². The van der Waals surface area contributed by atoms with Crippen LogP contribution in [0.25, 0.3) is 0 Å². The average molecular weight is 327 g/mol. The highest BCUT2D eigenvalue weighted by atomic mass is 79.9. The van der Waals surface area contributed by atoms with Crippen molar-refractivity contribution in [2.75, 3.05) is 6.61 Å². The molecule has 1 rings (SSSR count). The van der Waals surface area contributed by atoms with Crippen molar-refractivity contribution in [3.63, 3.8) is 0 Å². The topological polar surface area (TPSA) is 93.2 Å². The summed E-state index contributed by atoms with van der Waals surface area (Å²) in [5.41, 5.74) is 0.920. The summed E-state index contributed by atoms with van der Waals surface area (Å²) in [5.74, 6) is -0.514. The van der Waals surface area contributed by atoms with E-state index in [-0.39, 0.29) is 24.3 Å². The van der Waals surface area contributed by atoms with E-state index >= 15 is 0 Å². The zero-order valence-electron chi connectivity index (χ0n) is 10.2. The van der Waals surface area contributed by atoms with E-state index in [9.17, 15) is 14.9 Å². The fourth-order valence-electron chi connectivity index (χ4n) is 1.61. The van der Waals surface area contributed by atoms with Crippen LogP contribution in [0.5, 0.6) is 0 Å². The number of hydrogen-bond acceptors (Lipinski definition) is 5. The van der Waals surface area contributed by atoms with Gasteiger partial charge in [-0.05, 0) is 18.1 Å². The molecule has 6 nitrogen and oxygen atoms in total. The second-order valence-corrected chi connectivity index (χ2v) is 4.18. The molecule has 0 saturated carbocycles. The van der Waals surface area contributed by atoms with Gasteiger partial charge < -0.3 is 4.74 Å². The maximum atomic E-state index is 11.4. The van der Waals surface area contributed by atoms with Gasteiger partial charge in [0.05, 0.1) is 29.6 Å². The molecule has 1 aromatic carbocycles. The van der Waals surface area contributed by atoms with Crippen LogP contribution >= 0.6 is 15.9 Å². The Kier molecular flexibility index (Phi) is 5.45. The van der Waals surface area contributed by atoms with Crippen molar-refractivity contribution in [2.24, 2.45) is 0 Å². The molecular weight excluding hydrogens is 316 g/mol. The van der Waals surface area contributed by atoms with Crippen LogP contribution < -0.4 is 0 Å². The molecule has 0 spiro atoms. The Labute approximate surface area is 118 Å². The van der Waals surface area contributed by atoms with Crippen molar-refractivity contribution in [3.05, 3.63) is 38.9 Å². The van der Waals surface area contributed by atoms with Crippen LogP contribution in [0.1, 0.15) is 23.6 Å². The summed E-state index contributed by atoms with van der Waals surface area (Å²) in [4.78, 5) is 21.7. The smallest absolute Gasteiger partial charge is 0.310 e. The minimum atomic E-state index is -0.554. The van der Waals surface area contributed by atoms with Crippen molar-refractivity contribution in [3.8, 4) is 6.07 Å². The predicted molar refractivity (Wildman–Crippen MR) is 70.8 cm³/mol. The third kappa shape index (κ3) is 3.76. The molecule has 0 aliphatic heterocycles.